The van der Waals surface area contributed by atoms with Crippen LogP contribution in [0.3, 0.4) is 0 Å². The molecule has 6 heteroatoms. The van der Waals surface area contributed by atoms with E-state index in [0.29, 0.717) is 12.5 Å². The van der Waals surface area contributed by atoms with Gasteiger partial charge in [-0.1, -0.05) is 0 Å². The molecule has 6 nitrogen and oxygen atoms in total. The summed E-state index contributed by atoms with van der Waals surface area (Å²) in [6, 6.07) is 2.55. The van der Waals surface area contributed by atoms with Crippen LogP contribution in [0.15, 0.2) is 22.8 Å². The van der Waals surface area contributed by atoms with E-state index in [-0.39, 0.29) is 17.7 Å². The average molecular weight is 265 g/mol. The van der Waals surface area contributed by atoms with Crippen LogP contribution >= 0.6 is 0 Å². The molecule has 104 valence electrons. The number of amides is 2. The van der Waals surface area contributed by atoms with Gasteiger partial charge in [-0.3, -0.25) is 9.59 Å². The van der Waals surface area contributed by atoms with Crippen molar-refractivity contribution in [3.8, 4) is 0 Å². The molecule has 1 aliphatic rings. The number of nitrogens with two attached hydrogens (primary N) is 1. The molecule has 1 saturated carbocycles. The van der Waals surface area contributed by atoms with Crippen molar-refractivity contribution in [2.75, 3.05) is 6.54 Å². The molecule has 1 aliphatic carbocycles. The zero-order chi connectivity index (χ0) is 13.8. The van der Waals surface area contributed by atoms with Crippen molar-refractivity contribution < 1.29 is 14.0 Å². The molecule has 0 bridgehead atoms. The van der Waals surface area contributed by atoms with Crippen molar-refractivity contribution in [3.63, 3.8) is 0 Å². The minimum Gasteiger partial charge on any atom is -0.459 e. The lowest BCUT2D eigenvalue weighted by atomic mass is 10.2. The Morgan fingerprint density at radius 1 is 1.53 bits per heavy atom. The highest BCUT2D eigenvalue weighted by Crippen LogP contribution is 2.31. The second-order valence-corrected chi connectivity index (χ2v) is 4.92. The van der Waals surface area contributed by atoms with Gasteiger partial charge in [0.2, 0.25) is 5.91 Å². The molecule has 0 saturated heterocycles. The Hall–Kier alpha value is -1.82. The summed E-state index contributed by atoms with van der Waals surface area (Å²) in [5, 5.41) is 5.31. The van der Waals surface area contributed by atoms with Gasteiger partial charge >= 0.3 is 0 Å². The molecule has 2 rings (SSSR count). The lowest BCUT2D eigenvalue weighted by Crippen LogP contribution is -2.48. The molecule has 1 aromatic rings. The Morgan fingerprint density at radius 2 is 2.26 bits per heavy atom. The van der Waals surface area contributed by atoms with Gasteiger partial charge in [-0.25, -0.2) is 0 Å². The largest absolute Gasteiger partial charge is 0.459 e. The van der Waals surface area contributed by atoms with E-state index in [1.165, 1.54) is 6.26 Å². The minimum absolute atomic E-state index is 0.0110. The summed E-state index contributed by atoms with van der Waals surface area (Å²) in [6.07, 6.45) is 3.69. The van der Waals surface area contributed by atoms with E-state index in [1.807, 2.05) is 0 Å². The van der Waals surface area contributed by atoms with Crippen LogP contribution < -0.4 is 16.4 Å². The second-order valence-electron chi connectivity index (χ2n) is 4.92. The molecule has 19 heavy (non-hydrogen) atoms. The number of rotatable bonds is 6. The quantitative estimate of drug-likeness (QED) is 0.687. The third-order valence-corrected chi connectivity index (χ3v) is 3.23. The maximum absolute atomic E-state index is 11.8. The van der Waals surface area contributed by atoms with Crippen LogP contribution in [0.2, 0.25) is 0 Å². The third-order valence-electron chi connectivity index (χ3n) is 3.23. The van der Waals surface area contributed by atoms with Gasteiger partial charge in [0.25, 0.3) is 5.91 Å². The molecule has 0 radical (unpaired) electrons. The van der Waals surface area contributed by atoms with Crippen molar-refractivity contribution >= 4 is 11.8 Å². The summed E-state index contributed by atoms with van der Waals surface area (Å²) in [4.78, 5) is 23.5. The van der Waals surface area contributed by atoms with Gasteiger partial charge in [0.05, 0.1) is 6.26 Å². The lowest BCUT2D eigenvalue weighted by Gasteiger charge is -2.16. The molecule has 2 amide bonds. The molecule has 2 atom stereocenters. The first kappa shape index (κ1) is 13.6. The molecular formula is C13H19N3O3. The van der Waals surface area contributed by atoms with Crippen LogP contribution in [-0.2, 0) is 4.79 Å². The van der Waals surface area contributed by atoms with E-state index in [9.17, 15) is 9.59 Å². The molecule has 1 fully saturated rings. The fourth-order valence-corrected chi connectivity index (χ4v) is 1.80. The first-order valence-corrected chi connectivity index (χ1v) is 6.45. The minimum atomic E-state index is -0.621. The van der Waals surface area contributed by atoms with Crippen LogP contribution in [-0.4, -0.2) is 30.4 Å². The van der Waals surface area contributed by atoms with E-state index in [1.54, 1.807) is 19.1 Å². The van der Waals surface area contributed by atoms with Crippen LogP contribution in [0.1, 0.15) is 30.3 Å². The van der Waals surface area contributed by atoms with Crippen molar-refractivity contribution in [1.82, 2.24) is 10.6 Å². The third kappa shape index (κ3) is 3.82. The standard InChI is InChI=1S/C13H19N3O3/c1-8(16-13(18)11-3-2-6-19-11)12(17)15-7-10(14)9-4-5-9/h2-3,6,8-10H,4-5,7,14H2,1H3,(H,15,17)(H,16,18). The van der Waals surface area contributed by atoms with E-state index in [2.05, 4.69) is 10.6 Å². The molecule has 0 aromatic carbocycles. The van der Waals surface area contributed by atoms with Crippen LogP contribution in [0.5, 0.6) is 0 Å². The zero-order valence-corrected chi connectivity index (χ0v) is 10.9. The molecular weight excluding hydrogens is 246 g/mol. The zero-order valence-electron chi connectivity index (χ0n) is 10.9. The Bertz CT molecular complexity index is 440. The Labute approximate surface area is 111 Å². The Kier molecular flexibility index (Phi) is 4.21. The number of nitrogens with one attached hydrogen (secondary N) is 2. The molecule has 0 spiro atoms. The number of hydrogen-bond acceptors (Lipinski definition) is 4. The Morgan fingerprint density at radius 3 is 2.84 bits per heavy atom. The summed E-state index contributed by atoms with van der Waals surface area (Å²) in [7, 11) is 0. The smallest absolute Gasteiger partial charge is 0.287 e. The normalized spacial score (nSPS) is 17.6. The monoisotopic (exact) mass is 265 g/mol. The summed E-state index contributed by atoms with van der Waals surface area (Å²) < 4.78 is 4.95. The van der Waals surface area contributed by atoms with E-state index in [4.69, 9.17) is 10.2 Å². The molecule has 2 unspecified atom stereocenters. The number of furan rings is 1. The van der Waals surface area contributed by atoms with Gasteiger partial charge in [0.1, 0.15) is 6.04 Å². The summed E-state index contributed by atoms with van der Waals surface area (Å²) >= 11 is 0. The highest BCUT2D eigenvalue weighted by atomic mass is 16.3. The van der Waals surface area contributed by atoms with Crippen molar-refractivity contribution in [3.05, 3.63) is 24.2 Å². The van der Waals surface area contributed by atoms with Crippen molar-refractivity contribution in [2.45, 2.75) is 31.8 Å². The van der Waals surface area contributed by atoms with Crippen LogP contribution in [0.4, 0.5) is 0 Å². The molecule has 0 aliphatic heterocycles. The number of hydrogen-bond donors (Lipinski definition) is 3. The summed E-state index contributed by atoms with van der Waals surface area (Å²) in [5.41, 5.74) is 5.89. The summed E-state index contributed by atoms with van der Waals surface area (Å²) in [5.74, 6) is 0.0813. The van der Waals surface area contributed by atoms with Gasteiger partial charge in [-0.2, -0.15) is 0 Å². The first-order valence-electron chi connectivity index (χ1n) is 6.45. The number of carbonyl (C=O) groups excluding carboxylic acids is 2. The number of carbonyl (C=O) groups is 2. The molecule has 1 heterocycles. The van der Waals surface area contributed by atoms with Crippen molar-refractivity contribution in [2.24, 2.45) is 11.7 Å². The lowest BCUT2D eigenvalue weighted by molar-refractivity contribution is -0.122. The van der Waals surface area contributed by atoms with Gasteiger partial charge in [-0.05, 0) is 37.8 Å². The van der Waals surface area contributed by atoms with Gasteiger partial charge in [-0.15, -0.1) is 0 Å². The maximum Gasteiger partial charge on any atom is 0.287 e. The first-order chi connectivity index (χ1) is 9.08. The molecule has 4 N–H and O–H groups in total. The topological polar surface area (TPSA) is 97.4 Å². The van der Waals surface area contributed by atoms with Gasteiger partial charge < -0.3 is 20.8 Å². The van der Waals surface area contributed by atoms with Gasteiger partial charge in [0, 0.05) is 12.6 Å². The average Bonchev–Trinajstić information content (AvgIpc) is 3.10. The maximum atomic E-state index is 11.8. The van der Waals surface area contributed by atoms with E-state index in [0.717, 1.165) is 12.8 Å². The highest BCUT2D eigenvalue weighted by molar-refractivity contribution is 5.95. The Balaban J connectivity index is 1.74. The predicted octanol–water partition coefficient (Wildman–Crippen LogP) is 0.251. The predicted molar refractivity (Wildman–Crippen MR) is 69.3 cm³/mol. The second kappa shape index (κ2) is 5.88. The molecule has 1 aromatic heterocycles. The van der Waals surface area contributed by atoms with Gasteiger partial charge in [0.15, 0.2) is 5.76 Å². The summed E-state index contributed by atoms with van der Waals surface area (Å²) in [6.45, 7) is 2.07. The fraction of sp³-hybridized carbons (Fsp3) is 0.538. The van der Waals surface area contributed by atoms with Crippen LogP contribution in [0, 0.1) is 5.92 Å². The SMILES string of the molecule is CC(NC(=O)c1ccco1)C(=O)NCC(N)C1CC1. The van der Waals surface area contributed by atoms with E-state index < -0.39 is 11.9 Å². The highest BCUT2D eigenvalue weighted by Gasteiger charge is 2.29. The van der Waals surface area contributed by atoms with Crippen LogP contribution in [0.25, 0.3) is 0 Å². The fourth-order valence-electron chi connectivity index (χ4n) is 1.80. The van der Waals surface area contributed by atoms with E-state index >= 15 is 0 Å². The van der Waals surface area contributed by atoms with Crippen molar-refractivity contribution in [1.29, 1.82) is 0 Å².